The summed E-state index contributed by atoms with van der Waals surface area (Å²) in [6, 6.07) is 17.8. The third kappa shape index (κ3) is 6.44. The van der Waals surface area contributed by atoms with Gasteiger partial charge in [0.1, 0.15) is 6.54 Å². The number of carbonyl (C=O) groups is 2. The molecule has 0 aliphatic rings. The lowest BCUT2D eigenvalue weighted by atomic mass is 10.1. The smallest absolute Gasteiger partial charge is 0.264 e. The van der Waals surface area contributed by atoms with E-state index in [9.17, 15) is 18.0 Å². The molecule has 9 heteroatoms. The van der Waals surface area contributed by atoms with E-state index in [1.807, 2.05) is 20.8 Å². The van der Waals surface area contributed by atoms with E-state index in [1.165, 1.54) is 12.1 Å². The molecule has 2 amide bonds. The summed E-state index contributed by atoms with van der Waals surface area (Å²) < 4.78 is 28.4. The van der Waals surface area contributed by atoms with E-state index in [0.717, 1.165) is 16.3 Å². The minimum Gasteiger partial charge on any atom is -0.350 e. The number of benzene rings is 3. The van der Waals surface area contributed by atoms with E-state index in [1.54, 1.807) is 61.5 Å². The fraction of sp³-hybridized carbons (Fsp3) is 0.259. The first-order valence-corrected chi connectivity index (χ1v) is 13.4. The van der Waals surface area contributed by atoms with Crippen molar-refractivity contribution in [1.82, 2.24) is 5.32 Å². The Bertz CT molecular complexity index is 1360. The lowest BCUT2D eigenvalue weighted by Gasteiger charge is -2.26. The predicted molar refractivity (Wildman–Crippen MR) is 144 cm³/mol. The highest BCUT2D eigenvalue weighted by molar-refractivity contribution is 7.92. The molecule has 0 saturated carbocycles. The van der Waals surface area contributed by atoms with Crippen LogP contribution in [0.5, 0.6) is 0 Å². The van der Waals surface area contributed by atoms with Crippen molar-refractivity contribution >= 4 is 44.8 Å². The third-order valence-electron chi connectivity index (χ3n) is 5.76. The quantitative estimate of drug-likeness (QED) is 0.393. The first-order chi connectivity index (χ1) is 17.0. The van der Waals surface area contributed by atoms with Crippen LogP contribution in [0.4, 0.5) is 11.4 Å². The van der Waals surface area contributed by atoms with Gasteiger partial charge in [0.25, 0.3) is 15.9 Å². The predicted octanol–water partition coefficient (Wildman–Crippen LogP) is 5.32. The number of amides is 2. The highest BCUT2D eigenvalue weighted by Crippen LogP contribution is 2.29. The van der Waals surface area contributed by atoms with E-state index in [-0.39, 0.29) is 16.8 Å². The summed E-state index contributed by atoms with van der Waals surface area (Å²) >= 11 is 6.09. The Morgan fingerprint density at radius 1 is 1.00 bits per heavy atom. The standard InChI is InChI=1S/C27H30ClN3O4S/c1-5-20(4)29-27(33)23-8-6-7-9-24(23)30-26(32)17-31(25-15-12-21(28)16-19(25)3)36(34,35)22-13-10-18(2)11-14-22/h6-16,20H,5,17H2,1-4H3,(H,29,33)(H,30,32)/t20-/m0/s1. The Balaban J connectivity index is 1.95. The zero-order chi connectivity index (χ0) is 26.5. The van der Waals surface area contributed by atoms with Gasteiger partial charge in [0.2, 0.25) is 5.91 Å². The summed E-state index contributed by atoms with van der Waals surface area (Å²) in [6.07, 6.45) is 0.756. The first-order valence-electron chi connectivity index (χ1n) is 11.6. The summed E-state index contributed by atoms with van der Waals surface area (Å²) in [5.41, 5.74) is 2.43. The maximum atomic E-state index is 13.6. The molecule has 0 radical (unpaired) electrons. The maximum absolute atomic E-state index is 13.6. The van der Waals surface area contributed by atoms with Crippen LogP contribution in [0.1, 0.15) is 41.8 Å². The average Bonchev–Trinajstić information content (AvgIpc) is 2.83. The van der Waals surface area contributed by atoms with Crippen molar-refractivity contribution in [2.24, 2.45) is 0 Å². The van der Waals surface area contributed by atoms with Gasteiger partial charge in [-0.2, -0.15) is 0 Å². The van der Waals surface area contributed by atoms with E-state index in [4.69, 9.17) is 11.6 Å². The molecule has 0 spiro atoms. The van der Waals surface area contributed by atoms with Crippen molar-refractivity contribution in [3.05, 3.63) is 88.4 Å². The number of hydrogen-bond donors (Lipinski definition) is 2. The largest absolute Gasteiger partial charge is 0.350 e. The monoisotopic (exact) mass is 527 g/mol. The number of carbonyl (C=O) groups excluding carboxylic acids is 2. The molecule has 0 bridgehead atoms. The summed E-state index contributed by atoms with van der Waals surface area (Å²) in [6.45, 7) is 6.94. The zero-order valence-electron chi connectivity index (χ0n) is 20.7. The lowest BCUT2D eigenvalue weighted by Crippen LogP contribution is -2.39. The summed E-state index contributed by atoms with van der Waals surface area (Å²) in [5.74, 6) is -0.915. The van der Waals surface area contributed by atoms with E-state index in [0.29, 0.717) is 27.5 Å². The molecule has 190 valence electrons. The second-order valence-corrected chi connectivity index (χ2v) is 10.9. The first kappa shape index (κ1) is 27.2. The Morgan fingerprint density at radius 2 is 1.67 bits per heavy atom. The number of hydrogen-bond acceptors (Lipinski definition) is 4. The van der Waals surface area contributed by atoms with Crippen LogP contribution in [0.25, 0.3) is 0 Å². The molecular formula is C27H30ClN3O4S. The van der Waals surface area contributed by atoms with Gasteiger partial charge in [0.15, 0.2) is 0 Å². The highest BCUT2D eigenvalue weighted by Gasteiger charge is 2.29. The van der Waals surface area contributed by atoms with Gasteiger partial charge < -0.3 is 10.6 Å². The van der Waals surface area contributed by atoms with E-state index < -0.39 is 22.5 Å². The van der Waals surface area contributed by atoms with Gasteiger partial charge in [0, 0.05) is 11.1 Å². The molecule has 0 aliphatic carbocycles. The number of aryl methyl sites for hydroxylation is 2. The van der Waals surface area contributed by atoms with Crippen LogP contribution in [-0.2, 0) is 14.8 Å². The van der Waals surface area contributed by atoms with Gasteiger partial charge in [-0.1, -0.05) is 48.4 Å². The second-order valence-electron chi connectivity index (χ2n) is 8.63. The number of nitrogens with zero attached hydrogens (tertiary/aromatic N) is 1. The number of anilines is 2. The SMILES string of the molecule is CC[C@H](C)NC(=O)c1ccccc1NC(=O)CN(c1ccc(Cl)cc1C)S(=O)(=O)c1ccc(C)cc1. The third-order valence-corrected chi connectivity index (χ3v) is 7.77. The molecule has 2 N–H and O–H groups in total. The Morgan fingerprint density at radius 3 is 2.31 bits per heavy atom. The molecule has 0 heterocycles. The molecule has 7 nitrogen and oxygen atoms in total. The average molecular weight is 528 g/mol. The minimum atomic E-state index is -4.09. The summed E-state index contributed by atoms with van der Waals surface area (Å²) in [5, 5.41) is 6.05. The fourth-order valence-electron chi connectivity index (χ4n) is 3.55. The zero-order valence-corrected chi connectivity index (χ0v) is 22.3. The molecular weight excluding hydrogens is 498 g/mol. The number of halogens is 1. The number of sulfonamides is 1. The van der Waals surface area contributed by atoms with Gasteiger partial charge in [-0.3, -0.25) is 13.9 Å². The fourth-order valence-corrected chi connectivity index (χ4v) is 5.26. The van der Waals surface area contributed by atoms with Crippen LogP contribution in [0, 0.1) is 13.8 Å². The molecule has 3 aromatic rings. The molecule has 36 heavy (non-hydrogen) atoms. The second kappa shape index (κ2) is 11.6. The van der Waals surface area contributed by atoms with E-state index >= 15 is 0 Å². The molecule has 3 aromatic carbocycles. The van der Waals surface area contributed by atoms with Gasteiger partial charge in [-0.05, 0) is 75.2 Å². The lowest BCUT2D eigenvalue weighted by molar-refractivity contribution is -0.114. The van der Waals surface area contributed by atoms with Gasteiger partial charge in [-0.25, -0.2) is 8.42 Å². The van der Waals surface area contributed by atoms with Crippen LogP contribution < -0.4 is 14.9 Å². The van der Waals surface area contributed by atoms with Crippen LogP contribution in [-0.4, -0.2) is 32.8 Å². The number of para-hydroxylation sites is 1. The van der Waals surface area contributed by atoms with Crippen molar-refractivity contribution < 1.29 is 18.0 Å². The Hall–Kier alpha value is -3.36. The van der Waals surface area contributed by atoms with Crippen molar-refractivity contribution in [1.29, 1.82) is 0 Å². The van der Waals surface area contributed by atoms with E-state index in [2.05, 4.69) is 10.6 Å². The van der Waals surface area contributed by atoms with Gasteiger partial charge >= 0.3 is 0 Å². The summed E-state index contributed by atoms with van der Waals surface area (Å²) in [4.78, 5) is 26.0. The number of nitrogens with one attached hydrogen (secondary N) is 2. The topological polar surface area (TPSA) is 95.6 Å². The van der Waals surface area contributed by atoms with Gasteiger partial charge in [-0.15, -0.1) is 0 Å². The maximum Gasteiger partial charge on any atom is 0.264 e. The van der Waals surface area contributed by atoms with Crippen molar-refractivity contribution in [2.75, 3.05) is 16.2 Å². The minimum absolute atomic E-state index is 0.0377. The molecule has 1 atom stereocenters. The summed E-state index contributed by atoms with van der Waals surface area (Å²) in [7, 11) is -4.09. The Kier molecular flexibility index (Phi) is 8.76. The van der Waals surface area contributed by atoms with Crippen LogP contribution in [0.2, 0.25) is 5.02 Å². The van der Waals surface area contributed by atoms with Crippen molar-refractivity contribution in [2.45, 2.75) is 45.1 Å². The molecule has 0 aliphatic heterocycles. The Labute approximate surface area is 217 Å². The molecule has 0 saturated heterocycles. The van der Waals surface area contributed by atoms with Gasteiger partial charge in [0.05, 0.1) is 21.8 Å². The normalized spacial score (nSPS) is 12.0. The van der Waals surface area contributed by atoms with Crippen LogP contribution in [0.3, 0.4) is 0 Å². The van der Waals surface area contributed by atoms with Crippen molar-refractivity contribution in [3.63, 3.8) is 0 Å². The molecule has 0 unspecified atom stereocenters. The van der Waals surface area contributed by atoms with Crippen LogP contribution in [0.15, 0.2) is 71.6 Å². The van der Waals surface area contributed by atoms with Crippen molar-refractivity contribution in [3.8, 4) is 0 Å². The number of rotatable bonds is 9. The van der Waals surface area contributed by atoms with Crippen LogP contribution >= 0.6 is 11.6 Å². The molecule has 3 rings (SSSR count). The molecule has 0 fully saturated rings. The molecule has 0 aromatic heterocycles. The highest BCUT2D eigenvalue weighted by atomic mass is 35.5.